The molecule has 4 rings (SSSR count). The molecule has 1 amide bonds. The summed E-state index contributed by atoms with van der Waals surface area (Å²) in [5.41, 5.74) is 4.13. The third kappa shape index (κ3) is 5.29. The molecule has 0 spiro atoms. The van der Waals surface area contributed by atoms with Gasteiger partial charge in [-0.15, -0.1) is 0 Å². The van der Waals surface area contributed by atoms with E-state index in [0.717, 1.165) is 38.4 Å². The maximum atomic E-state index is 14.9. The van der Waals surface area contributed by atoms with Crippen molar-refractivity contribution >= 4 is 5.91 Å². The summed E-state index contributed by atoms with van der Waals surface area (Å²) in [5.74, 6) is -1.99. The smallest absolute Gasteiger partial charge is 0.265 e. The van der Waals surface area contributed by atoms with Crippen molar-refractivity contribution < 1.29 is 22.7 Å². The number of hydrogen-bond acceptors (Lipinski definition) is 3. The Morgan fingerprint density at radius 2 is 1.38 bits per heavy atom. The Labute approximate surface area is 184 Å². The van der Waals surface area contributed by atoms with Gasteiger partial charge in [-0.05, 0) is 66.4 Å². The normalized spacial score (nSPS) is 14.4. The maximum Gasteiger partial charge on any atom is 0.265 e. The fraction of sp³-hybridized carbons (Fsp3) is 0.240. The molecular formula is C25H23F3N2O2. The largest absolute Gasteiger partial charge is 0.478 e. The van der Waals surface area contributed by atoms with E-state index in [2.05, 4.69) is 5.43 Å². The third-order valence-electron chi connectivity index (χ3n) is 5.40. The predicted octanol–water partition coefficient (Wildman–Crippen LogP) is 5.40. The molecule has 4 nitrogen and oxygen atoms in total. The number of halogens is 3. The van der Waals surface area contributed by atoms with Crippen LogP contribution in [-0.4, -0.2) is 24.0 Å². The molecule has 0 aromatic heterocycles. The lowest BCUT2D eigenvalue weighted by molar-refractivity contribution is 0.0749. The molecule has 166 valence electrons. The number of hydrogen-bond donors (Lipinski definition) is 1. The first-order valence-electron chi connectivity index (χ1n) is 10.5. The van der Waals surface area contributed by atoms with E-state index in [4.69, 9.17) is 4.74 Å². The van der Waals surface area contributed by atoms with E-state index in [9.17, 15) is 18.0 Å². The minimum absolute atomic E-state index is 0.0711. The van der Waals surface area contributed by atoms with Crippen LogP contribution in [0.1, 0.15) is 46.9 Å². The van der Waals surface area contributed by atoms with E-state index in [1.165, 1.54) is 60.7 Å². The lowest BCUT2D eigenvalue weighted by atomic mass is 10.0. The van der Waals surface area contributed by atoms with E-state index >= 15 is 0 Å². The van der Waals surface area contributed by atoms with E-state index in [1.54, 1.807) is 0 Å². The Bertz CT molecular complexity index is 1020. The van der Waals surface area contributed by atoms with Crippen molar-refractivity contribution in [2.24, 2.45) is 0 Å². The topological polar surface area (TPSA) is 41.6 Å². The van der Waals surface area contributed by atoms with Crippen LogP contribution in [0.2, 0.25) is 0 Å². The molecule has 1 aliphatic rings. The van der Waals surface area contributed by atoms with Crippen LogP contribution in [0.5, 0.6) is 5.75 Å². The van der Waals surface area contributed by atoms with Gasteiger partial charge in [0.1, 0.15) is 17.7 Å². The van der Waals surface area contributed by atoms with Crippen molar-refractivity contribution in [2.45, 2.75) is 25.4 Å². The van der Waals surface area contributed by atoms with Gasteiger partial charge in [-0.3, -0.25) is 10.2 Å². The SMILES string of the molecule is O=C(NN1CCCCC1)c1ccc(OC(c2ccc(F)cc2)c2ccc(F)cc2)c(F)c1. The third-order valence-corrected chi connectivity index (χ3v) is 5.40. The van der Waals surface area contributed by atoms with Crippen LogP contribution in [-0.2, 0) is 0 Å². The molecule has 0 atom stereocenters. The van der Waals surface area contributed by atoms with E-state index in [1.807, 2.05) is 5.01 Å². The van der Waals surface area contributed by atoms with Crippen LogP contribution >= 0.6 is 0 Å². The van der Waals surface area contributed by atoms with Crippen LogP contribution in [0.25, 0.3) is 0 Å². The molecule has 1 N–H and O–H groups in total. The Kier molecular flexibility index (Phi) is 6.75. The quantitative estimate of drug-likeness (QED) is 0.558. The molecule has 1 saturated heterocycles. The molecule has 0 saturated carbocycles. The molecule has 1 heterocycles. The number of carbonyl (C=O) groups excluding carboxylic acids is 1. The Balaban J connectivity index is 1.55. The first-order valence-corrected chi connectivity index (χ1v) is 10.5. The second-order valence-electron chi connectivity index (χ2n) is 7.73. The number of carbonyl (C=O) groups is 1. The zero-order valence-corrected chi connectivity index (χ0v) is 17.4. The maximum absolute atomic E-state index is 14.9. The Morgan fingerprint density at radius 3 is 1.91 bits per heavy atom. The lowest BCUT2D eigenvalue weighted by Crippen LogP contribution is -2.45. The van der Waals surface area contributed by atoms with Crippen LogP contribution < -0.4 is 10.2 Å². The van der Waals surface area contributed by atoms with Crippen LogP contribution in [0.15, 0.2) is 66.7 Å². The van der Waals surface area contributed by atoms with Gasteiger partial charge in [-0.1, -0.05) is 30.7 Å². The van der Waals surface area contributed by atoms with E-state index < -0.39 is 23.6 Å². The molecular weight excluding hydrogens is 417 g/mol. The number of amides is 1. The average Bonchev–Trinajstić information content (AvgIpc) is 2.80. The van der Waals surface area contributed by atoms with Crippen molar-refractivity contribution in [3.05, 3.63) is 101 Å². The number of piperidine rings is 1. The summed E-state index contributed by atoms with van der Waals surface area (Å²) >= 11 is 0. The summed E-state index contributed by atoms with van der Waals surface area (Å²) in [5, 5.41) is 1.84. The number of nitrogens with one attached hydrogen (secondary N) is 1. The first-order chi connectivity index (χ1) is 15.5. The summed E-state index contributed by atoms with van der Waals surface area (Å²) < 4.78 is 47.6. The molecule has 3 aromatic carbocycles. The van der Waals surface area contributed by atoms with Gasteiger partial charge in [0.2, 0.25) is 0 Å². The first kappa shape index (κ1) is 21.9. The number of benzene rings is 3. The summed E-state index contributed by atoms with van der Waals surface area (Å²) in [6, 6.07) is 15.2. The summed E-state index contributed by atoms with van der Waals surface area (Å²) in [6.07, 6.45) is 2.36. The fourth-order valence-electron chi connectivity index (χ4n) is 3.68. The number of hydrazine groups is 1. The highest BCUT2D eigenvalue weighted by Gasteiger charge is 2.20. The highest BCUT2D eigenvalue weighted by atomic mass is 19.1. The standard InChI is InChI=1S/C25H23F3N2O2/c26-20-9-4-17(5-10-20)24(18-6-11-21(27)12-7-18)32-23-13-8-19(16-22(23)28)25(31)29-30-14-2-1-3-15-30/h4-13,16,24H,1-3,14-15H2,(H,29,31). The van der Waals surface area contributed by atoms with Gasteiger partial charge >= 0.3 is 0 Å². The summed E-state index contributed by atoms with van der Waals surface area (Å²) in [7, 11) is 0. The van der Waals surface area contributed by atoms with Gasteiger partial charge in [0.25, 0.3) is 5.91 Å². The molecule has 0 radical (unpaired) electrons. The zero-order chi connectivity index (χ0) is 22.5. The molecule has 32 heavy (non-hydrogen) atoms. The number of ether oxygens (including phenoxy) is 1. The highest BCUT2D eigenvalue weighted by molar-refractivity contribution is 5.94. The number of rotatable bonds is 6. The van der Waals surface area contributed by atoms with Crippen LogP contribution in [0.4, 0.5) is 13.2 Å². The van der Waals surface area contributed by atoms with Crippen LogP contribution in [0, 0.1) is 17.5 Å². The molecule has 1 aliphatic heterocycles. The zero-order valence-electron chi connectivity index (χ0n) is 17.4. The second kappa shape index (κ2) is 9.87. The van der Waals surface area contributed by atoms with Crippen molar-refractivity contribution in [3.8, 4) is 5.75 Å². The molecule has 0 bridgehead atoms. The van der Waals surface area contributed by atoms with E-state index in [-0.39, 0.29) is 17.2 Å². The highest BCUT2D eigenvalue weighted by Crippen LogP contribution is 2.31. The average molecular weight is 440 g/mol. The van der Waals surface area contributed by atoms with Gasteiger partial charge in [0.15, 0.2) is 11.6 Å². The van der Waals surface area contributed by atoms with Crippen LogP contribution in [0.3, 0.4) is 0 Å². The van der Waals surface area contributed by atoms with Crippen molar-refractivity contribution in [3.63, 3.8) is 0 Å². The van der Waals surface area contributed by atoms with E-state index in [0.29, 0.717) is 11.1 Å². The Hall–Kier alpha value is -3.32. The lowest BCUT2D eigenvalue weighted by Gasteiger charge is -2.26. The predicted molar refractivity (Wildman–Crippen MR) is 115 cm³/mol. The van der Waals surface area contributed by atoms with Gasteiger partial charge < -0.3 is 4.74 Å². The Morgan fingerprint density at radius 1 is 0.812 bits per heavy atom. The molecule has 0 aliphatic carbocycles. The fourth-order valence-corrected chi connectivity index (χ4v) is 3.68. The van der Waals surface area contributed by atoms with Gasteiger partial charge in [-0.2, -0.15) is 0 Å². The summed E-state index contributed by atoms with van der Waals surface area (Å²) in [6.45, 7) is 1.54. The monoisotopic (exact) mass is 440 g/mol. The summed E-state index contributed by atoms with van der Waals surface area (Å²) in [4.78, 5) is 12.5. The van der Waals surface area contributed by atoms with Crippen molar-refractivity contribution in [2.75, 3.05) is 13.1 Å². The minimum Gasteiger partial charge on any atom is -0.478 e. The van der Waals surface area contributed by atoms with Gasteiger partial charge in [0.05, 0.1) is 0 Å². The molecule has 3 aromatic rings. The molecule has 7 heteroatoms. The molecule has 0 unspecified atom stereocenters. The van der Waals surface area contributed by atoms with Crippen molar-refractivity contribution in [1.29, 1.82) is 0 Å². The van der Waals surface area contributed by atoms with Gasteiger partial charge in [0, 0.05) is 18.7 Å². The number of nitrogens with zero attached hydrogens (tertiary/aromatic N) is 1. The van der Waals surface area contributed by atoms with Crippen molar-refractivity contribution in [1.82, 2.24) is 10.4 Å². The molecule has 1 fully saturated rings. The second-order valence-corrected chi connectivity index (χ2v) is 7.73. The minimum atomic E-state index is -0.793. The van der Waals surface area contributed by atoms with Gasteiger partial charge in [-0.25, -0.2) is 18.2 Å².